The summed E-state index contributed by atoms with van der Waals surface area (Å²) in [5.74, 6) is 3.75. The Morgan fingerprint density at radius 3 is 1.59 bits per heavy atom. The van der Waals surface area contributed by atoms with Crippen molar-refractivity contribution in [3.8, 4) is 0 Å². The number of carbonyl (C=O) groups is 2. The monoisotopic (exact) mass is 228 g/mol. The van der Waals surface area contributed by atoms with Crippen molar-refractivity contribution in [2.24, 2.45) is 51.8 Å². The molecule has 0 N–H and O–H groups in total. The first-order valence-corrected chi connectivity index (χ1v) is 7.10. The predicted octanol–water partition coefficient (Wildman–Crippen LogP) is 1.68. The molecule has 6 saturated carbocycles. The Morgan fingerprint density at radius 1 is 0.824 bits per heavy atom. The van der Waals surface area contributed by atoms with E-state index in [0.29, 0.717) is 40.7 Å². The van der Waals surface area contributed by atoms with Gasteiger partial charge < -0.3 is 0 Å². The molecule has 0 amide bonds. The Hall–Kier alpha value is -0.660. The second kappa shape index (κ2) is 1.68. The topological polar surface area (TPSA) is 34.1 Å². The molecule has 8 atom stereocenters. The van der Waals surface area contributed by atoms with Crippen molar-refractivity contribution < 1.29 is 9.59 Å². The number of rotatable bonds is 0. The molecule has 6 fully saturated rings. The zero-order valence-corrected chi connectivity index (χ0v) is 10.2. The van der Waals surface area contributed by atoms with Crippen LogP contribution in [0.15, 0.2) is 0 Å². The molecule has 6 rings (SSSR count). The van der Waals surface area contributed by atoms with Crippen LogP contribution in [0.2, 0.25) is 0 Å². The second-order valence-electron chi connectivity index (χ2n) is 8.02. The van der Waals surface area contributed by atoms with Crippen LogP contribution in [-0.4, -0.2) is 11.6 Å². The van der Waals surface area contributed by atoms with Gasteiger partial charge in [-0.15, -0.1) is 0 Å². The van der Waals surface area contributed by atoms with E-state index in [2.05, 4.69) is 13.8 Å². The minimum atomic E-state index is -0.249. The van der Waals surface area contributed by atoms with Gasteiger partial charge in [-0.2, -0.15) is 0 Å². The van der Waals surface area contributed by atoms with Crippen molar-refractivity contribution in [2.45, 2.75) is 26.7 Å². The van der Waals surface area contributed by atoms with Gasteiger partial charge >= 0.3 is 0 Å². The number of carbonyl (C=O) groups excluding carboxylic acids is 2. The molecule has 6 aliphatic rings. The fourth-order valence-electron chi connectivity index (χ4n) is 8.02. The minimum absolute atomic E-state index is 0.164. The molecule has 2 heteroatoms. The fourth-order valence-corrected chi connectivity index (χ4v) is 8.02. The van der Waals surface area contributed by atoms with Crippen molar-refractivity contribution >= 4 is 11.6 Å². The van der Waals surface area contributed by atoms with Crippen LogP contribution in [0.25, 0.3) is 0 Å². The van der Waals surface area contributed by atoms with E-state index >= 15 is 0 Å². The van der Waals surface area contributed by atoms with Gasteiger partial charge in [-0.25, -0.2) is 0 Å². The third kappa shape index (κ3) is 0.413. The van der Waals surface area contributed by atoms with E-state index in [9.17, 15) is 9.59 Å². The summed E-state index contributed by atoms with van der Waals surface area (Å²) < 4.78 is 0. The molecule has 0 saturated heterocycles. The molecule has 88 valence electrons. The quantitative estimate of drug-likeness (QED) is 0.632. The zero-order valence-electron chi connectivity index (χ0n) is 10.2. The standard InChI is InChI=1S/C15H16O2/c1-13-9-7-5(11(13)16)6-8(15(7)3-4-15)10(9)14(13,2)12(6)17/h5-10H,3-4H2,1-2H3. The molecule has 0 aliphatic heterocycles. The highest BCUT2D eigenvalue weighted by Gasteiger charge is 2.98. The molecule has 0 heterocycles. The van der Waals surface area contributed by atoms with Crippen LogP contribution >= 0.6 is 0 Å². The van der Waals surface area contributed by atoms with Crippen LogP contribution in [0.4, 0.5) is 0 Å². The highest BCUT2D eigenvalue weighted by molar-refractivity contribution is 6.11. The Bertz CT molecular complexity index is 513. The first kappa shape index (κ1) is 8.44. The van der Waals surface area contributed by atoms with Crippen LogP contribution < -0.4 is 0 Å². The summed E-state index contributed by atoms with van der Waals surface area (Å²) in [4.78, 5) is 25.5. The molecule has 0 aromatic heterocycles. The van der Waals surface area contributed by atoms with Crippen molar-refractivity contribution in [1.29, 1.82) is 0 Å². The van der Waals surface area contributed by atoms with Crippen LogP contribution in [-0.2, 0) is 9.59 Å². The summed E-state index contributed by atoms with van der Waals surface area (Å²) >= 11 is 0. The maximum absolute atomic E-state index is 12.7. The summed E-state index contributed by atoms with van der Waals surface area (Å²) in [6, 6.07) is 0. The molecule has 17 heavy (non-hydrogen) atoms. The van der Waals surface area contributed by atoms with Gasteiger partial charge in [0.25, 0.3) is 0 Å². The lowest BCUT2D eigenvalue weighted by Crippen LogP contribution is -2.64. The Kier molecular flexibility index (Phi) is 0.834. The van der Waals surface area contributed by atoms with Crippen molar-refractivity contribution in [3.05, 3.63) is 0 Å². The number of hydrogen-bond donors (Lipinski definition) is 0. The minimum Gasteiger partial charge on any atom is -0.299 e. The number of ketones is 2. The van der Waals surface area contributed by atoms with Crippen LogP contribution in [0.5, 0.6) is 0 Å². The average Bonchev–Trinajstić information content (AvgIpc) is 2.95. The first-order chi connectivity index (χ1) is 8.01. The lowest BCUT2D eigenvalue weighted by Gasteiger charge is -2.59. The molecule has 6 aliphatic carbocycles. The van der Waals surface area contributed by atoms with E-state index in [1.165, 1.54) is 12.8 Å². The lowest BCUT2D eigenvalue weighted by atomic mass is 9.41. The highest BCUT2D eigenvalue weighted by Crippen LogP contribution is 2.96. The molecular weight excluding hydrogens is 212 g/mol. The molecule has 0 aromatic carbocycles. The van der Waals surface area contributed by atoms with E-state index in [4.69, 9.17) is 0 Å². The zero-order chi connectivity index (χ0) is 11.5. The molecular formula is C15H16O2. The van der Waals surface area contributed by atoms with Crippen LogP contribution in [0.1, 0.15) is 26.7 Å². The van der Waals surface area contributed by atoms with Crippen molar-refractivity contribution in [3.63, 3.8) is 0 Å². The second-order valence-corrected chi connectivity index (χ2v) is 8.02. The lowest BCUT2D eigenvalue weighted by molar-refractivity contribution is -0.180. The molecule has 2 bridgehead atoms. The van der Waals surface area contributed by atoms with Crippen LogP contribution in [0, 0.1) is 51.8 Å². The summed E-state index contributed by atoms with van der Waals surface area (Å²) in [5.41, 5.74) is -0.0230. The van der Waals surface area contributed by atoms with Gasteiger partial charge in [0.15, 0.2) is 0 Å². The largest absolute Gasteiger partial charge is 0.299 e. The highest BCUT2D eigenvalue weighted by atomic mass is 16.2. The average molecular weight is 228 g/mol. The number of Topliss-reactive ketones (excluding diaryl/α,β-unsaturated/α-hetero) is 2. The molecule has 0 radical (unpaired) electrons. The summed E-state index contributed by atoms with van der Waals surface area (Å²) in [5, 5.41) is 0. The van der Waals surface area contributed by atoms with E-state index in [1.54, 1.807) is 0 Å². The SMILES string of the molecule is CC12C(=O)C3C4C(=O)C1(C)C1C4C4(CC4)C3C12. The van der Waals surface area contributed by atoms with Gasteiger partial charge in [0.05, 0.1) is 0 Å². The Morgan fingerprint density at radius 2 is 1.24 bits per heavy atom. The number of fused-ring (bicyclic) bond motifs is 2. The van der Waals surface area contributed by atoms with Gasteiger partial charge in [-0.1, -0.05) is 13.8 Å². The summed E-state index contributed by atoms with van der Waals surface area (Å²) in [7, 11) is 0. The van der Waals surface area contributed by atoms with Gasteiger partial charge in [0, 0.05) is 22.7 Å². The van der Waals surface area contributed by atoms with Crippen molar-refractivity contribution in [2.75, 3.05) is 0 Å². The molecule has 0 aromatic rings. The molecule has 2 nitrogen and oxygen atoms in total. The summed E-state index contributed by atoms with van der Waals surface area (Å²) in [6.45, 7) is 4.25. The van der Waals surface area contributed by atoms with Crippen LogP contribution in [0.3, 0.4) is 0 Å². The molecule has 1 spiro atoms. The molecule has 8 unspecified atom stereocenters. The third-order valence-corrected chi connectivity index (χ3v) is 8.52. The van der Waals surface area contributed by atoms with E-state index < -0.39 is 0 Å². The fraction of sp³-hybridized carbons (Fsp3) is 0.867. The van der Waals surface area contributed by atoms with Crippen molar-refractivity contribution in [1.82, 2.24) is 0 Å². The third-order valence-electron chi connectivity index (χ3n) is 8.52. The maximum atomic E-state index is 12.7. The maximum Gasteiger partial charge on any atom is 0.144 e. The number of hydrogen-bond acceptors (Lipinski definition) is 2. The van der Waals surface area contributed by atoms with E-state index in [1.807, 2.05) is 0 Å². The van der Waals surface area contributed by atoms with E-state index in [0.717, 1.165) is 0 Å². The predicted molar refractivity (Wildman–Crippen MR) is 58.8 cm³/mol. The first-order valence-electron chi connectivity index (χ1n) is 7.10. The Labute approximate surface area is 100 Å². The van der Waals surface area contributed by atoms with E-state index in [-0.39, 0.29) is 22.7 Å². The smallest absolute Gasteiger partial charge is 0.144 e. The van der Waals surface area contributed by atoms with Gasteiger partial charge in [-0.3, -0.25) is 9.59 Å². The Balaban J connectivity index is 1.79. The van der Waals surface area contributed by atoms with Gasteiger partial charge in [0.2, 0.25) is 0 Å². The summed E-state index contributed by atoms with van der Waals surface area (Å²) in [6.07, 6.45) is 2.63. The van der Waals surface area contributed by atoms with Gasteiger partial charge in [0.1, 0.15) is 11.6 Å². The van der Waals surface area contributed by atoms with Gasteiger partial charge in [-0.05, 0) is 41.9 Å². The normalized spacial score (nSPS) is 74.0.